The van der Waals surface area contributed by atoms with E-state index in [9.17, 15) is 4.79 Å². The molecule has 0 amide bonds. The fraction of sp³-hybridized carbons (Fsp3) is 0.588. The van der Waals surface area contributed by atoms with Crippen molar-refractivity contribution in [3.63, 3.8) is 0 Å². The third-order valence-corrected chi connectivity index (χ3v) is 4.02. The van der Waals surface area contributed by atoms with Crippen molar-refractivity contribution in [1.82, 2.24) is 5.32 Å². The van der Waals surface area contributed by atoms with Gasteiger partial charge in [0, 0.05) is 0 Å². The van der Waals surface area contributed by atoms with Gasteiger partial charge in [-0.25, -0.2) is 4.79 Å². The first-order valence-corrected chi connectivity index (χ1v) is 7.50. The Hall–Kier alpha value is -1.35. The molecule has 0 spiro atoms. The predicted molar refractivity (Wildman–Crippen MR) is 80.8 cm³/mol. The van der Waals surface area contributed by atoms with E-state index in [1.165, 1.54) is 24.0 Å². The molecular weight excluding hydrogens is 250 g/mol. The molecular formula is C17H25NO2. The molecule has 1 unspecified atom stereocenters. The summed E-state index contributed by atoms with van der Waals surface area (Å²) in [5.41, 5.74) is 4.67. The number of hydrogen-bond acceptors (Lipinski definition) is 3. The van der Waals surface area contributed by atoms with Gasteiger partial charge in [0.25, 0.3) is 0 Å². The number of aryl methyl sites for hydroxylation is 3. The van der Waals surface area contributed by atoms with Crippen LogP contribution in [0, 0.1) is 26.7 Å². The first-order valence-electron chi connectivity index (χ1n) is 7.50. The Morgan fingerprint density at radius 3 is 2.50 bits per heavy atom. The SMILES string of the molecule is CCOC(=O)C(NCC1CC1)c1cc(C)c(C)cc1C. The highest BCUT2D eigenvalue weighted by atomic mass is 16.5. The minimum Gasteiger partial charge on any atom is -0.465 e. The molecule has 20 heavy (non-hydrogen) atoms. The summed E-state index contributed by atoms with van der Waals surface area (Å²) < 4.78 is 5.23. The molecule has 3 heteroatoms. The molecule has 1 N–H and O–H groups in total. The van der Waals surface area contributed by atoms with Crippen LogP contribution in [0.3, 0.4) is 0 Å². The minimum atomic E-state index is -0.338. The van der Waals surface area contributed by atoms with Gasteiger partial charge in [0.2, 0.25) is 0 Å². The van der Waals surface area contributed by atoms with Crippen molar-refractivity contribution in [2.24, 2.45) is 5.92 Å². The van der Waals surface area contributed by atoms with Gasteiger partial charge in [0.05, 0.1) is 6.61 Å². The number of benzene rings is 1. The van der Waals surface area contributed by atoms with E-state index in [-0.39, 0.29) is 12.0 Å². The number of hydrogen-bond donors (Lipinski definition) is 1. The lowest BCUT2D eigenvalue weighted by Gasteiger charge is -2.20. The van der Waals surface area contributed by atoms with E-state index in [1.807, 2.05) is 6.92 Å². The minimum absolute atomic E-state index is 0.167. The van der Waals surface area contributed by atoms with Crippen molar-refractivity contribution in [2.75, 3.05) is 13.2 Å². The van der Waals surface area contributed by atoms with Gasteiger partial charge in [0.1, 0.15) is 6.04 Å². The summed E-state index contributed by atoms with van der Waals surface area (Å²) >= 11 is 0. The van der Waals surface area contributed by atoms with E-state index in [0.717, 1.165) is 23.6 Å². The van der Waals surface area contributed by atoms with Gasteiger partial charge in [-0.05, 0) is 75.3 Å². The summed E-state index contributed by atoms with van der Waals surface area (Å²) in [6.45, 7) is 9.42. The fourth-order valence-electron chi connectivity index (χ4n) is 2.45. The highest BCUT2D eigenvalue weighted by Gasteiger charge is 2.27. The highest BCUT2D eigenvalue weighted by molar-refractivity contribution is 5.78. The largest absolute Gasteiger partial charge is 0.465 e. The summed E-state index contributed by atoms with van der Waals surface area (Å²) in [6, 6.07) is 3.93. The summed E-state index contributed by atoms with van der Waals surface area (Å²) in [7, 11) is 0. The van der Waals surface area contributed by atoms with Crippen LogP contribution in [0.15, 0.2) is 12.1 Å². The third kappa shape index (κ3) is 3.60. The van der Waals surface area contributed by atoms with Crippen molar-refractivity contribution in [2.45, 2.75) is 46.6 Å². The molecule has 0 saturated heterocycles. The standard InChI is InChI=1S/C17H25NO2/c1-5-20-17(19)16(18-10-14-6-7-14)15-9-12(3)11(2)8-13(15)4/h8-9,14,16,18H,5-7,10H2,1-4H3. The zero-order valence-electron chi connectivity index (χ0n) is 13.0. The van der Waals surface area contributed by atoms with E-state index in [0.29, 0.717) is 6.61 Å². The number of esters is 1. The fourth-order valence-corrected chi connectivity index (χ4v) is 2.45. The van der Waals surface area contributed by atoms with Crippen LogP contribution in [-0.2, 0) is 9.53 Å². The Morgan fingerprint density at radius 1 is 1.25 bits per heavy atom. The van der Waals surface area contributed by atoms with E-state index < -0.39 is 0 Å². The Morgan fingerprint density at radius 2 is 1.90 bits per heavy atom. The normalized spacial score (nSPS) is 16.0. The number of carbonyl (C=O) groups excluding carboxylic acids is 1. The molecule has 0 radical (unpaired) electrons. The lowest BCUT2D eigenvalue weighted by molar-refractivity contribution is -0.145. The molecule has 1 aromatic rings. The maximum Gasteiger partial charge on any atom is 0.327 e. The van der Waals surface area contributed by atoms with Gasteiger partial charge in [-0.1, -0.05) is 12.1 Å². The Balaban J connectivity index is 2.23. The zero-order valence-corrected chi connectivity index (χ0v) is 13.0. The van der Waals surface area contributed by atoms with Crippen LogP contribution in [0.1, 0.15) is 48.1 Å². The maximum atomic E-state index is 12.2. The average molecular weight is 275 g/mol. The molecule has 1 saturated carbocycles. The van der Waals surface area contributed by atoms with E-state index in [1.54, 1.807) is 0 Å². The molecule has 0 heterocycles. The van der Waals surface area contributed by atoms with Crippen LogP contribution >= 0.6 is 0 Å². The lowest BCUT2D eigenvalue weighted by Crippen LogP contribution is -2.32. The molecule has 0 bridgehead atoms. The molecule has 1 fully saturated rings. The maximum absolute atomic E-state index is 12.2. The molecule has 1 aromatic carbocycles. The van der Waals surface area contributed by atoms with Gasteiger partial charge in [-0.3, -0.25) is 0 Å². The zero-order chi connectivity index (χ0) is 14.7. The number of ether oxygens (including phenoxy) is 1. The number of rotatable bonds is 6. The Kier molecular flexibility index (Phi) is 4.81. The molecule has 3 nitrogen and oxygen atoms in total. The van der Waals surface area contributed by atoms with E-state index in [2.05, 4.69) is 38.2 Å². The van der Waals surface area contributed by atoms with Crippen LogP contribution in [0.5, 0.6) is 0 Å². The van der Waals surface area contributed by atoms with Crippen LogP contribution < -0.4 is 5.32 Å². The Labute approximate surface area is 121 Å². The second-order valence-electron chi connectivity index (χ2n) is 5.83. The molecule has 0 aromatic heterocycles. The molecule has 1 atom stereocenters. The predicted octanol–water partition coefficient (Wildman–Crippen LogP) is 3.22. The number of nitrogens with one attached hydrogen (secondary N) is 1. The summed E-state index contributed by atoms with van der Waals surface area (Å²) in [5.74, 6) is 0.568. The molecule has 1 aliphatic rings. The second kappa shape index (κ2) is 6.40. The molecule has 2 rings (SSSR count). The smallest absolute Gasteiger partial charge is 0.327 e. The number of carbonyl (C=O) groups is 1. The highest BCUT2D eigenvalue weighted by Crippen LogP contribution is 2.29. The molecule has 0 aliphatic heterocycles. The van der Waals surface area contributed by atoms with Gasteiger partial charge in [-0.15, -0.1) is 0 Å². The topological polar surface area (TPSA) is 38.3 Å². The summed E-state index contributed by atoms with van der Waals surface area (Å²) in [6.07, 6.45) is 2.54. The van der Waals surface area contributed by atoms with Crippen LogP contribution in [-0.4, -0.2) is 19.1 Å². The van der Waals surface area contributed by atoms with Crippen molar-refractivity contribution in [3.8, 4) is 0 Å². The second-order valence-corrected chi connectivity index (χ2v) is 5.83. The van der Waals surface area contributed by atoms with Gasteiger partial charge in [0.15, 0.2) is 0 Å². The Bertz CT molecular complexity index is 492. The average Bonchev–Trinajstić information content (AvgIpc) is 3.20. The van der Waals surface area contributed by atoms with Crippen LogP contribution in [0.4, 0.5) is 0 Å². The van der Waals surface area contributed by atoms with Crippen molar-refractivity contribution < 1.29 is 9.53 Å². The first kappa shape index (κ1) is 15.0. The lowest BCUT2D eigenvalue weighted by atomic mass is 9.95. The van der Waals surface area contributed by atoms with E-state index >= 15 is 0 Å². The van der Waals surface area contributed by atoms with Gasteiger partial charge >= 0.3 is 5.97 Å². The quantitative estimate of drug-likeness (QED) is 0.810. The van der Waals surface area contributed by atoms with E-state index in [4.69, 9.17) is 4.74 Å². The third-order valence-electron chi connectivity index (χ3n) is 4.02. The molecule has 1 aliphatic carbocycles. The van der Waals surface area contributed by atoms with Crippen molar-refractivity contribution in [3.05, 3.63) is 34.4 Å². The molecule has 110 valence electrons. The van der Waals surface area contributed by atoms with Gasteiger partial charge in [-0.2, -0.15) is 0 Å². The summed E-state index contributed by atoms with van der Waals surface area (Å²) in [5, 5.41) is 3.40. The summed E-state index contributed by atoms with van der Waals surface area (Å²) in [4.78, 5) is 12.2. The van der Waals surface area contributed by atoms with Crippen molar-refractivity contribution >= 4 is 5.97 Å². The first-order chi connectivity index (χ1) is 9.52. The van der Waals surface area contributed by atoms with Crippen LogP contribution in [0.25, 0.3) is 0 Å². The van der Waals surface area contributed by atoms with Crippen molar-refractivity contribution in [1.29, 1.82) is 0 Å². The van der Waals surface area contributed by atoms with Gasteiger partial charge < -0.3 is 10.1 Å². The monoisotopic (exact) mass is 275 g/mol. The van der Waals surface area contributed by atoms with Crippen LogP contribution in [0.2, 0.25) is 0 Å².